The number of nitrogens with zero attached hydrogens (tertiary/aromatic N) is 1. The maximum absolute atomic E-state index is 9.54. The molecule has 1 aromatic carbocycles. The normalized spacial score (nSPS) is 14.2. The van der Waals surface area contributed by atoms with Crippen molar-refractivity contribution in [1.29, 1.82) is 0 Å². The second-order valence-electron chi connectivity index (χ2n) is 6.42. The van der Waals surface area contributed by atoms with Crippen LogP contribution < -0.4 is 15.4 Å². The second-order valence-corrected chi connectivity index (χ2v) is 6.42. The van der Waals surface area contributed by atoms with Crippen LogP contribution in [0.4, 0.5) is 0 Å². The van der Waals surface area contributed by atoms with Gasteiger partial charge in [0.05, 0.1) is 19.8 Å². The highest BCUT2D eigenvalue weighted by molar-refractivity contribution is 5.79. The molecule has 0 aliphatic heterocycles. The van der Waals surface area contributed by atoms with E-state index in [1.807, 2.05) is 13.8 Å². The first kappa shape index (κ1) is 20.3. The van der Waals surface area contributed by atoms with E-state index in [2.05, 4.69) is 54.6 Å². The van der Waals surface area contributed by atoms with E-state index in [4.69, 9.17) is 4.74 Å². The number of nitrogens with one attached hydrogen (secondary N) is 2. The van der Waals surface area contributed by atoms with Crippen LogP contribution in [0.15, 0.2) is 23.2 Å². The zero-order valence-corrected chi connectivity index (χ0v) is 15.8. The van der Waals surface area contributed by atoms with Gasteiger partial charge in [-0.05, 0) is 38.8 Å². The van der Waals surface area contributed by atoms with E-state index in [9.17, 15) is 5.11 Å². The largest absolute Gasteiger partial charge is 0.494 e. The van der Waals surface area contributed by atoms with Crippen molar-refractivity contribution in [3.63, 3.8) is 0 Å². The highest BCUT2D eigenvalue weighted by Crippen LogP contribution is 2.21. The minimum atomic E-state index is -0.142. The summed E-state index contributed by atoms with van der Waals surface area (Å²) in [5.74, 6) is 1.65. The minimum Gasteiger partial charge on any atom is -0.494 e. The predicted octanol–water partition coefficient (Wildman–Crippen LogP) is 2.86. The molecule has 1 unspecified atom stereocenters. The molecule has 24 heavy (non-hydrogen) atoms. The number of guanidine groups is 1. The van der Waals surface area contributed by atoms with Gasteiger partial charge in [0.2, 0.25) is 0 Å². The number of rotatable bonds is 9. The van der Waals surface area contributed by atoms with Crippen molar-refractivity contribution in [2.45, 2.75) is 47.6 Å². The molecule has 0 aromatic heterocycles. The van der Waals surface area contributed by atoms with Crippen LogP contribution in [0.3, 0.4) is 0 Å². The zero-order valence-electron chi connectivity index (χ0n) is 15.8. The van der Waals surface area contributed by atoms with Gasteiger partial charge in [-0.2, -0.15) is 0 Å². The Morgan fingerprint density at radius 3 is 2.58 bits per heavy atom. The van der Waals surface area contributed by atoms with Crippen molar-refractivity contribution in [1.82, 2.24) is 10.6 Å². The van der Waals surface area contributed by atoms with Gasteiger partial charge in [0.1, 0.15) is 5.75 Å². The Kier molecular flexibility index (Phi) is 8.61. The Morgan fingerprint density at radius 1 is 1.25 bits per heavy atom. The van der Waals surface area contributed by atoms with Gasteiger partial charge < -0.3 is 20.5 Å². The fraction of sp³-hybridized carbons (Fsp3) is 0.632. The van der Waals surface area contributed by atoms with E-state index < -0.39 is 0 Å². The number of hydrogen-bond donors (Lipinski definition) is 3. The fourth-order valence-corrected chi connectivity index (χ4v) is 2.18. The molecule has 0 bridgehead atoms. The molecule has 0 radical (unpaired) electrons. The minimum absolute atomic E-state index is 0.142. The predicted molar refractivity (Wildman–Crippen MR) is 101 cm³/mol. The van der Waals surface area contributed by atoms with E-state index in [1.54, 1.807) is 0 Å². The van der Waals surface area contributed by atoms with Gasteiger partial charge in [-0.15, -0.1) is 0 Å². The molecule has 1 rings (SSSR count). The van der Waals surface area contributed by atoms with Crippen molar-refractivity contribution < 1.29 is 9.84 Å². The molecule has 5 nitrogen and oxygen atoms in total. The van der Waals surface area contributed by atoms with E-state index in [0.29, 0.717) is 19.7 Å². The average Bonchev–Trinajstić information content (AvgIpc) is 2.58. The topological polar surface area (TPSA) is 65.9 Å². The molecule has 0 aliphatic rings. The quantitative estimate of drug-likeness (QED) is 0.479. The summed E-state index contributed by atoms with van der Waals surface area (Å²) in [7, 11) is 0. The molecule has 0 heterocycles. The van der Waals surface area contributed by atoms with E-state index in [-0.39, 0.29) is 12.0 Å². The highest BCUT2D eigenvalue weighted by atomic mass is 16.5. The lowest BCUT2D eigenvalue weighted by Crippen LogP contribution is -2.43. The molecule has 1 atom stereocenters. The monoisotopic (exact) mass is 335 g/mol. The van der Waals surface area contributed by atoms with Crippen molar-refractivity contribution in [2.24, 2.45) is 10.4 Å². The van der Waals surface area contributed by atoms with Gasteiger partial charge in [-0.3, -0.25) is 0 Å². The molecule has 5 heteroatoms. The lowest BCUT2D eigenvalue weighted by molar-refractivity contribution is 0.140. The molecule has 0 spiro atoms. The molecule has 3 N–H and O–H groups in total. The molecule has 0 amide bonds. The van der Waals surface area contributed by atoms with Crippen molar-refractivity contribution >= 4 is 5.96 Å². The Morgan fingerprint density at radius 2 is 2.00 bits per heavy atom. The summed E-state index contributed by atoms with van der Waals surface area (Å²) in [6.45, 7) is 13.1. The Labute approximate surface area is 146 Å². The van der Waals surface area contributed by atoms with Gasteiger partial charge >= 0.3 is 0 Å². The maximum atomic E-state index is 9.54. The summed E-state index contributed by atoms with van der Waals surface area (Å²) < 4.78 is 5.72. The van der Waals surface area contributed by atoms with Gasteiger partial charge in [-0.1, -0.05) is 26.0 Å². The summed E-state index contributed by atoms with van der Waals surface area (Å²) in [5.41, 5.74) is 2.11. The number of aliphatic hydroxyl groups excluding tert-OH is 1. The highest BCUT2D eigenvalue weighted by Gasteiger charge is 2.21. The summed E-state index contributed by atoms with van der Waals surface area (Å²) in [5, 5.41) is 16.1. The van der Waals surface area contributed by atoms with Crippen LogP contribution in [0.25, 0.3) is 0 Å². The molecule has 0 saturated carbocycles. The maximum Gasteiger partial charge on any atom is 0.191 e. The van der Waals surface area contributed by atoms with Crippen LogP contribution in [0.2, 0.25) is 0 Å². The molecule has 136 valence electrons. The van der Waals surface area contributed by atoms with Crippen LogP contribution in [0, 0.1) is 12.3 Å². The summed E-state index contributed by atoms with van der Waals surface area (Å²) in [6, 6.07) is 6.19. The van der Waals surface area contributed by atoms with E-state index in [0.717, 1.165) is 30.2 Å². The molecular weight excluding hydrogens is 302 g/mol. The first-order valence-corrected chi connectivity index (χ1v) is 8.83. The number of hydrogen-bond acceptors (Lipinski definition) is 3. The summed E-state index contributed by atoms with van der Waals surface area (Å²) in [6.07, 6.45) is 0.905. The van der Waals surface area contributed by atoms with Gasteiger partial charge in [0, 0.05) is 24.1 Å². The lowest BCUT2D eigenvalue weighted by atomic mass is 9.89. The van der Waals surface area contributed by atoms with Crippen molar-refractivity contribution in [3.8, 4) is 5.75 Å². The Balaban J connectivity index is 2.82. The third-order valence-electron chi connectivity index (χ3n) is 4.19. The SMILES string of the molecule is CCNC(=NCc1ccc(C)cc1OCC)NCC(C)(CC)CO. The molecule has 0 aliphatic carbocycles. The van der Waals surface area contributed by atoms with Crippen LogP contribution in [0.5, 0.6) is 5.75 Å². The van der Waals surface area contributed by atoms with E-state index >= 15 is 0 Å². The smallest absolute Gasteiger partial charge is 0.191 e. The third-order valence-corrected chi connectivity index (χ3v) is 4.19. The number of ether oxygens (including phenoxy) is 1. The number of aliphatic imine (C=N–C) groups is 1. The van der Waals surface area contributed by atoms with Gasteiger partial charge in [0.15, 0.2) is 5.96 Å². The molecule has 0 fully saturated rings. The Hall–Kier alpha value is -1.75. The summed E-state index contributed by atoms with van der Waals surface area (Å²) >= 11 is 0. The third kappa shape index (κ3) is 6.40. The zero-order chi connectivity index (χ0) is 18.0. The van der Waals surface area contributed by atoms with Crippen LogP contribution >= 0.6 is 0 Å². The second kappa shape index (κ2) is 10.2. The van der Waals surface area contributed by atoms with Crippen LogP contribution in [0.1, 0.15) is 45.2 Å². The number of aryl methyl sites for hydroxylation is 1. The number of benzene rings is 1. The van der Waals surface area contributed by atoms with Crippen molar-refractivity contribution in [3.05, 3.63) is 29.3 Å². The summed E-state index contributed by atoms with van der Waals surface area (Å²) in [4.78, 5) is 4.66. The average molecular weight is 335 g/mol. The molecule has 1 aromatic rings. The fourth-order valence-electron chi connectivity index (χ4n) is 2.18. The molecular formula is C19H33N3O2. The molecule has 0 saturated heterocycles. The standard InChI is InChI=1S/C19H33N3O2/c1-6-19(5,14-23)13-22-18(20-7-2)21-12-16-10-9-15(4)11-17(16)24-8-3/h9-11,23H,6-8,12-14H2,1-5H3,(H2,20,21,22). The van der Waals surface area contributed by atoms with Gasteiger partial charge in [0.25, 0.3) is 0 Å². The Bertz CT molecular complexity index is 525. The van der Waals surface area contributed by atoms with Gasteiger partial charge in [-0.25, -0.2) is 4.99 Å². The van der Waals surface area contributed by atoms with Crippen LogP contribution in [-0.2, 0) is 6.54 Å². The van der Waals surface area contributed by atoms with Crippen molar-refractivity contribution in [2.75, 3.05) is 26.3 Å². The first-order chi connectivity index (χ1) is 11.5. The lowest BCUT2D eigenvalue weighted by Gasteiger charge is -2.26. The first-order valence-electron chi connectivity index (χ1n) is 8.83. The van der Waals surface area contributed by atoms with E-state index in [1.165, 1.54) is 5.56 Å². The number of aliphatic hydroxyl groups is 1. The van der Waals surface area contributed by atoms with Crippen LogP contribution in [-0.4, -0.2) is 37.4 Å².